The van der Waals surface area contributed by atoms with Gasteiger partial charge in [0.2, 0.25) is 0 Å². The van der Waals surface area contributed by atoms with E-state index in [9.17, 15) is 0 Å². The molecule has 1 aromatic carbocycles. The van der Waals surface area contributed by atoms with Crippen molar-refractivity contribution < 1.29 is 4.74 Å². The molecule has 0 atom stereocenters. The number of hydrogen-bond donors (Lipinski definition) is 0. The van der Waals surface area contributed by atoms with Crippen LogP contribution >= 0.6 is 0 Å². The van der Waals surface area contributed by atoms with Gasteiger partial charge >= 0.3 is 0 Å². The second-order valence-corrected chi connectivity index (χ2v) is 3.86. The maximum absolute atomic E-state index is 8.99. The first-order valence-corrected chi connectivity index (χ1v) is 5.12. The lowest BCUT2D eigenvalue weighted by Crippen LogP contribution is -2.18. The van der Waals surface area contributed by atoms with Crippen molar-refractivity contribution >= 4 is 10.9 Å². The Morgan fingerprint density at radius 1 is 1.41 bits per heavy atom. The van der Waals surface area contributed by atoms with Crippen LogP contribution in [-0.4, -0.2) is 35.7 Å². The molecule has 0 aliphatic rings. The summed E-state index contributed by atoms with van der Waals surface area (Å²) in [4.78, 5) is 10.00. The van der Waals surface area contributed by atoms with Crippen molar-refractivity contribution in [2.75, 3.05) is 20.8 Å². The number of aromatic nitrogens is 2. The molecule has 0 aliphatic heterocycles. The fourth-order valence-corrected chi connectivity index (χ4v) is 1.46. The minimum absolute atomic E-state index is 0.463. The van der Waals surface area contributed by atoms with Crippen molar-refractivity contribution in [3.05, 3.63) is 30.2 Å². The Morgan fingerprint density at radius 2 is 2.24 bits per heavy atom. The molecule has 0 saturated heterocycles. The van der Waals surface area contributed by atoms with E-state index in [-0.39, 0.29) is 0 Å². The molecular formula is C12H12N4O. The van der Waals surface area contributed by atoms with Gasteiger partial charge in [0, 0.05) is 11.6 Å². The van der Waals surface area contributed by atoms with Crippen LogP contribution in [0.1, 0.15) is 5.56 Å². The summed E-state index contributed by atoms with van der Waals surface area (Å²) < 4.78 is 5.61. The highest BCUT2D eigenvalue weighted by atomic mass is 16.5. The number of rotatable bonds is 3. The summed E-state index contributed by atoms with van der Waals surface area (Å²) >= 11 is 0. The van der Waals surface area contributed by atoms with Gasteiger partial charge in [-0.1, -0.05) is 0 Å². The summed E-state index contributed by atoms with van der Waals surface area (Å²) in [7, 11) is 3.83. The summed E-state index contributed by atoms with van der Waals surface area (Å²) in [5, 5.41) is 9.70. The lowest BCUT2D eigenvalue weighted by Gasteiger charge is -2.13. The third-order valence-corrected chi connectivity index (χ3v) is 2.24. The third-order valence-electron chi connectivity index (χ3n) is 2.24. The number of fused-ring (bicyclic) bond motifs is 1. The molecule has 1 aromatic heterocycles. The van der Waals surface area contributed by atoms with Crippen molar-refractivity contribution in [1.29, 1.82) is 5.26 Å². The smallest absolute Gasteiger partial charge is 0.147 e. The molecule has 0 saturated carbocycles. The molecule has 2 rings (SSSR count). The summed E-state index contributed by atoms with van der Waals surface area (Å²) in [6.45, 7) is 0.463. The molecule has 0 radical (unpaired) electrons. The zero-order valence-corrected chi connectivity index (χ0v) is 9.71. The van der Waals surface area contributed by atoms with Gasteiger partial charge in [0.1, 0.15) is 24.3 Å². The van der Waals surface area contributed by atoms with E-state index in [1.807, 2.05) is 19.0 Å². The van der Waals surface area contributed by atoms with Gasteiger partial charge in [-0.2, -0.15) is 5.26 Å². The summed E-state index contributed by atoms with van der Waals surface area (Å²) in [5.41, 5.74) is 1.22. The topological polar surface area (TPSA) is 62.0 Å². The molecule has 0 amide bonds. The molecular weight excluding hydrogens is 216 g/mol. The SMILES string of the molecule is CN(C)COc1ccc(C#N)c2cncnc12. The monoisotopic (exact) mass is 228 g/mol. The maximum Gasteiger partial charge on any atom is 0.147 e. The molecule has 0 unspecified atom stereocenters. The van der Waals surface area contributed by atoms with Crippen molar-refractivity contribution in [3.8, 4) is 11.8 Å². The van der Waals surface area contributed by atoms with Gasteiger partial charge in [-0.3, -0.25) is 4.90 Å². The van der Waals surface area contributed by atoms with Crippen molar-refractivity contribution in [2.24, 2.45) is 0 Å². The van der Waals surface area contributed by atoms with Gasteiger partial charge in [-0.05, 0) is 26.2 Å². The number of hydrogen-bond acceptors (Lipinski definition) is 5. The lowest BCUT2D eigenvalue weighted by molar-refractivity contribution is 0.181. The van der Waals surface area contributed by atoms with E-state index in [4.69, 9.17) is 10.00 Å². The van der Waals surface area contributed by atoms with E-state index in [1.54, 1.807) is 18.3 Å². The third kappa shape index (κ3) is 2.32. The van der Waals surface area contributed by atoms with Crippen LogP contribution in [0.3, 0.4) is 0 Å². The maximum atomic E-state index is 8.99. The molecule has 0 spiro atoms. The van der Waals surface area contributed by atoms with Crippen molar-refractivity contribution in [3.63, 3.8) is 0 Å². The molecule has 17 heavy (non-hydrogen) atoms. The van der Waals surface area contributed by atoms with Gasteiger partial charge in [-0.15, -0.1) is 0 Å². The fourth-order valence-electron chi connectivity index (χ4n) is 1.46. The lowest BCUT2D eigenvalue weighted by atomic mass is 10.1. The van der Waals surface area contributed by atoms with Crippen LogP contribution in [0.2, 0.25) is 0 Å². The molecule has 0 fully saturated rings. The van der Waals surface area contributed by atoms with E-state index >= 15 is 0 Å². The molecule has 1 heterocycles. The first-order valence-electron chi connectivity index (χ1n) is 5.12. The minimum atomic E-state index is 0.463. The van der Waals surface area contributed by atoms with Crippen LogP contribution < -0.4 is 4.74 Å². The van der Waals surface area contributed by atoms with E-state index in [0.717, 1.165) is 0 Å². The molecule has 2 aromatic rings. The van der Waals surface area contributed by atoms with Crippen LogP contribution in [0.5, 0.6) is 5.75 Å². The first-order chi connectivity index (χ1) is 8.22. The highest BCUT2D eigenvalue weighted by Gasteiger charge is 2.08. The number of nitrogens with zero attached hydrogens (tertiary/aromatic N) is 4. The molecule has 0 bridgehead atoms. The quantitative estimate of drug-likeness (QED) is 0.743. The summed E-state index contributed by atoms with van der Waals surface area (Å²) in [6.07, 6.45) is 3.08. The molecule has 0 N–H and O–H groups in total. The Labute approximate surface area is 99.3 Å². The average molecular weight is 228 g/mol. The number of benzene rings is 1. The number of ether oxygens (including phenoxy) is 1. The molecule has 5 heteroatoms. The van der Waals surface area contributed by atoms with Crippen LogP contribution in [0.4, 0.5) is 0 Å². The van der Waals surface area contributed by atoms with Crippen LogP contribution in [0, 0.1) is 11.3 Å². The van der Waals surface area contributed by atoms with Crippen molar-refractivity contribution in [1.82, 2.24) is 14.9 Å². The van der Waals surface area contributed by atoms with E-state index in [1.165, 1.54) is 6.33 Å². The predicted molar refractivity (Wildman–Crippen MR) is 63.4 cm³/mol. The van der Waals surface area contributed by atoms with Gasteiger partial charge in [-0.25, -0.2) is 9.97 Å². The van der Waals surface area contributed by atoms with Crippen LogP contribution in [-0.2, 0) is 0 Å². The molecule has 0 aliphatic carbocycles. The van der Waals surface area contributed by atoms with Crippen LogP contribution in [0.15, 0.2) is 24.7 Å². The van der Waals surface area contributed by atoms with Gasteiger partial charge in [0.25, 0.3) is 0 Å². The second-order valence-electron chi connectivity index (χ2n) is 3.86. The highest BCUT2D eigenvalue weighted by Crippen LogP contribution is 2.25. The second kappa shape index (κ2) is 4.76. The molecule has 86 valence electrons. The first kappa shape index (κ1) is 11.3. The van der Waals surface area contributed by atoms with E-state index < -0.39 is 0 Å². The minimum Gasteiger partial charge on any atom is -0.476 e. The Kier molecular flexibility index (Phi) is 3.17. The van der Waals surface area contributed by atoms with Crippen molar-refractivity contribution in [2.45, 2.75) is 0 Å². The van der Waals surface area contributed by atoms with Gasteiger partial charge < -0.3 is 4.74 Å². The van der Waals surface area contributed by atoms with Crippen LogP contribution in [0.25, 0.3) is 10.9 Å². The zero-order valence-electron chi connectivity index (χ0n) is 9.71. The Balaban J connectivity index is 2.48. The zero-order chi connectivity index (χ0) is 12.3. The summed E-state index contributed by atoms with van der Waals surface area (Å²) in [6, 6.07) is 5.60. The van der Waals surface area contributed by atoms with Gasteiger partial charge in [0.15, 0.2) is 0 Å². The van der Waals surface area contributed by atoms with E-state index in [0.29, 0.717) is 28.9 Å². The van der Waals surface area contributed by atoms with Gasteiger partial charge in [0.05, 0.1) is 11.6 Å². The predicted octanol–water partition coefficient (Wildman–Crippen LogP) is 1.40. The average Bonchev–Trinajstić information content (AvgIpc) is 2.35. The fraction of sp³-hybridized carbons (Fsp3) is 0.250. The molecule has 5 nitrogen and oxygen atoms in total. The summed E-state index contributed by atoms with van der Waals surface area (Å²) in [5.74, 6) is 0.662. The normalized spacial score (nSPS) is 10.5. The van der Waals surface area contributed by atoms with E-state index in [2.05, 4.69) is 16.0 Å². The Morgan fingerprint density at radius 3 is 2.94 bits per heavy atom. The largest absolute Gasteiger partial charge is 0.476 e. The Hall–Kier alpha value is -2.19. The Bertz CT molecular complexity index is 574. The highest BCUT2D eigenvalue weighted by molar-refractivity contribution is 5.88. The standard InChI is InChI=1S/C12H12N4O/c1-16(2)8-17-11-4-3-9(5-13)10-6-14-7-15-12(10)11/h3-4,6-7H,8H2,1-2H3. The number of nitriles is 1.